The first kappa shape index (κ1) is 15.7. The van der Waals surface area contributed by atoms with E-state index >= 15 is 0 Å². The summed E-state index contributed by atoms with van der Waals surface area (Å²) >= 11 is 0. The number of likely N-dealkylation sites (tertiary alicyclic amines) is 1. The third kappa shape index (κ3) is 3.22. The first-order valence-electron chi connectivity index (χ1n) is 8.39. The SMILES string of the molecule is O=C(Cc1ccc(F)cc1)N1CCC(n2nnc3cccnc32)CC1. The summed E-state index contributed by atoms with van der Waals surface area (Å²) in [5, 5.41) is 8.38. The predicted octanol–water partition coefficient (Wildman–Crippen LogP) is 2.37. The van der Waals surface area contributed by atoms with Crippen molar-refractivity contribution in [2.45, 2.75) is 25.3 Å². The summed E-state index contributed by atoms with van der Waals surface area (Å²) in [6.07, 6.45) is 3.69. The molecular formula is C18H18FN5O. The number of piperidine rings is 1. The van der Waals surface area contributed by atoms with Gasteiger partial charge in [-0.15, -0.1) is 5.10 Å². The number of carbonyl (C=O) groups excluding carboxylic acids is 1. The molecule has 0 spiro atoms. The van der Waals surface area contributed by atoms with Crippen molar-refractivity contribution in [3.63, 3.8) is 0 Å². The lowest BCUT2D eigenvalue weighted by Gasteiger charge is -2.32. The Labute approximate surface area is 144 Å². The molecule has 0 unspecified atom stereocenters. The standard InChI is InChI=1S/C18H18FN5O/c19-14-5-3-13(4-6-14)12-17(25)23-10-7-15(8-11-23)24-18-16(21-22-24)2-1-9-20-18/h1-6,9,15H,7-8,10-12H2. The summed E-state index contributed by atoms with van der Waals surface area (Å²) in [5.74, 6) is -0.211. The number of hydrogen-bond donors (Lipinski definition) is 0. The van der Waals surface area contributed by atoms with E-state index in [0.29, 0.717) is 19.5 Å². The fraction of sp³-hybridized carbons (Fsp3) is 0.333. The van der Waals surface area contributed by atoms with E-state index in [1.165, 1.54) is 12.1 Å². The molecule has 1 aliphatic heterocycles. The van der Waals surface area contributed by atoms with Crippen molar-refractivity contribution < 1.29 is 9.18 Å². The van der Waals surface area contributed by atoms with Crippen molar-refractivity contribution in [3.05, 3.63) is 54.0 Å². The van der Waals surface area contributed by atoms with Crippen LogP contribution in [0.4, 0.5) is 4.39 Å². The molecule has 3 aromatic rings. The largest absolute Gasteiger partial charge is 0.342 e. The van der Waals surface area contributed by atoms with E-state index in [0.717, 1.165) is 29.6 Å². The van der Waals surface area contributed by atoms with Crippen LogP contribution in [-0.4, -0.2) is 43.9 Å². The average Bonchev–Trinajstić information content (AvgIpc) is 3.08. The van der Waals surface area contributed by atoms with E-state index in [2.05, 4.69) is 15.3 Å². The fourth-order valence-electron chi connectivity index (χ4n) is 3.28. The van der Waals surface area contributed by atoms with Gasteiger partial charge in [-0.25, -0.2) is 14.1 Å². The maximum absolute atomic E-state index is 13.0. The summed E-state index contributed by atoms with van der Waals surface area (Å²) in [5.41, 5.74) is 2.41. The van der Waals surface area contributed by atoms with Gasteiger partial charge in [0, 0.05) is 19.3 Å². The first-order chi connectivity index (χ1) is 12.2. The van der Waals surface area contributed by atoms with E-state index in [4.69, 9.17) is 0 Å². The molecule has 6 nitrogen and oxygen atoms in total. The van der Waals surface area contributed by atoms with Gasteiger partial charge in [-0.3, -0.25) is 4.79 Å². The number of rotatable bonds is 3. The van der Waals surface area contributed by atoms with Gasteiger partial charge in [-0.05, 0) is 42.7 Å². The molecule has 0 aliphatic carbocycles. The summed E-state index contributed by atoms with van der Waals surface area (Å²) in [6, 6.07) is 10.0. The van der Waals surface area contributed by atoms with Crippen LogP contribution in [0.15, 0.2) is 42.6 Å². The molecule has 1 aromatic carbocycles. The van der Waals surface area contributed by atoms with Crippen molar-refractivity contribution in [1.82, 2.24) is 24.9 Å². The zero-order valence-electron chi connectivity index (χ0n) is 13.7. The van der Waals surface area contributed by atoms with Gasteiger partial charge in [0.1, 0.15) is 11.3 Å². The van der Waals surface area contributed by atoms with Gasteiger partial charge in [0.2, 0.25) is 5.91 Å². The minimum Gasteiger partial charge on any atom is -0.342 e. The molecule has 0 atom stereocenters. The van der Waals surface area contributed by atoms with E-state index in [1.807, 2.05) is 21.7 Å². The van der Waals surface area contributed by atoms with Crippen LogP contribution in [0.5, 0.6) is 0 Å². The number of carbonyl (C=O) groups is 1. The Morgan fingerprint density at radius 1 is 1.16 bits per heavy atom. The van der Waals surface area contributed by atoms with Gasteiger partial charge in [0.25, 0.3) is 0 Å². The minimum atomic E-state index is -0.286. The Hall–Kier alpha value is -2.83. The van der Waals surface area contributed by atoms with Gasteiger partial charge in [-0.1, -0.05) is 17.3 Å². The summed E-state index contributed by atoms with van der Waals surface area (Å²) in [4.78, 5) is 18.7. The summed E-state index contributed by atoms with van der Waals surface area (Å²) < 4.78 is 14.8. The molecule has 1 amide bonds. The van der Waals surface area contributed by atoms with E-state index in [9.17, 15) is 9.18 Å². The second-order valence-corrected chi connectivity index (χ2v) is 6.30. The lowest BCUT2D eigenvalue weighted by atomic mass is 10.0. The highest BCUT2D eigenvalue weighted by Gasteiger charge is 2.25. The van der Waals surface area contributed by atoms with E-state index in [1.54, 1.807) is 18.3 Å². The maximum Gasteiger partial charge on any atom is 0.226 e. The van der Waals surface area contributed by atoms with Crippen LogP contribution in [0.1, 0.15) is 24.4 Å². The molecule has 1 aliphatic rings. The second-order valence-electron chi connectivity index (χ2n) is 6.30. The molecule has 25 heavy (non-hydrogen) atoms. The highest BCUT2D eigenvalue weighted by atomic mass is 19.1. The van der Waals surface area contributed by atoms with Crippen LogP contribution < -0.4 is 0 Å². The van der Waals surface area contributed by atoms with Crippen LogP contribution in [0.25, 0.3) is 11.2 Å². The molecule has 7 heteroatoms. The Balaban J connectivity index is 1.39. The van der Waals surface area contributed by atoms with Crippen LogP contribution in [0, 0.1) is 5.82 Å². The van der Waals surface area contributed by atoms with Gasteiger partial charge in [0.15, 0.2) is 5.65 Å². The van der Waals surface area contributed by atoms with E-state index in [-0.39, 0.29) is 17.8 Å². The van der Waals surface area contributed by atoms with Crippen LogP contribution in [0.3, 0.4) is 0 Å². The quantitative estimate of drug-likeness (QED) is 0.735. The van der Waals surface area contributed by atoms with Crippen molar-refractivity contribution in [3.8, 4) is 0 Å². The summed E-state index contributed by atoms with van der Waals surface area (Å²) in [7, 11) is 0. The number of fused-ring (bicyclic) bond motifs is 1. The number of halogens is 1. The molecule has 0 bridgehead atoms. The highest BCUT2D eigenvalue weighted by molar-refractivity contribution is 5.78. The number of amides is 1. The fourth-order valence-corrected chi connectivity index (χ4v) is 3.28. The maximum atomic E-state index is 13.0. The smallest absolute Gasteiger partial charge is 0.226 e. The average molecular weight is 339 g/mol. The van der Waals surface area contributed by atoms with Crippen LogP contribution >= 0.6 is 0 Å². The van der Waals surface area contributed by atoms with Gasteiger partial charge >= 0.3 is 0 Å². The number of nitrogens with zero attached hydrogens (tertiary/aromatic N) is 5. The van der Waals surface area contributed by atoms with Crippen molar-refractivity contribution in [1.29, 1.82) is 0 Å². The number of benzene rings is 1. The first-order valence-corrected chi connectivity index (χ1v) is 8.39. The zero-order valence-corrected chi connectivity index (χ0v) is 13.7. The van der Waals surface area contributed by atoms with Crippen LogP contribution in [-0.2, 0) is 11.2 Å². The molecule has 2 aromatic heterocycles. The minimum absolute atomic E-state index is 0.0756. The molecule has 0 radical (unpaired) electrons. The Bertz CT molecular complexity index is 884. The van der Waals surface area contributed by atoms with Gasteiger partial charge in [0.05, 0.1) is 12.5 Å². The number of hydrogen-bond acceptors (Lipinski definition) is 4. The highest BCUT2D eigenvalue weighted by Crippen LogP contribution is 2.24. The third-order valence-electron chi connectivity index (χ3n) is 4.66. The zero-order chi connectivity index (χ0) is 17.2. The number of aromatic nitrogens is 4. The van der Waals surface area contributed by atoms with Crippen molar-refractivity contribution in [2.75, 3.05) is 13.1 Å². The second kappa shape index (κ2) is 6.58. The lowest BCUT2D eigenvalue weighted by Crippen LogP contribution is -2.40. The molecule has 1 saturated heterocycles. The normalized spacial score (nSPS) is 15.6. The number of pyridine rings is 1. The molecule has 3 heterocycles. The molecule has 4 rings (SSSR count). The van der Waals surface area contributed by atoms with Gasteiger partial charge in [-0.2, -0.15) is 0 Å². The predicted molar refractivity (Wildman–Crippen MR) is 90.3 cm³/mol. The van der Waals surface area contributed by atoms with E-state index < -0.39 is 0 Å². The van der Waals surface area contributed by atoms with Crippen molar-refractivity contribution in [2.24, 2.45) is 0 Å². The molecule has 0 saturated carbocycles. The monoisotopic (exact) mass is 339 g/mol. The Morgan fingerprint density at radius 2 is 1.92 bits per heavy atom. The lowest BCUT2D eigenvalue weighted by molar-refractivity contribution is -0.131. The molecule has 0 N–H and O–H groups in total. The molecule has 1 fully saturated rings. The Morgan fingerprint density at radius 3 is 2.68 bits per heavy atom. The summed E-state index contributed by atoms with van der Waals surface area (Å²) in [6.45, 7) is 1.36. The molecule has 128 valence electrons. The topological polar surface area (TPSA) is 63.9 Å². The van der Waals surface area contributed by atoms with Crippen molar-refractivity contribution >= 4 is 17.1 Å². The third-order valence-corrected chi connectivity index (χ3v) is 4.66. The van der Waals surface area contributed by atoms with Crippen LogP contribution in [0.2, 0.25) is 0 Å². The molecular weight excluding hydrogens is 321 g/mol. The Kier molecular flexibility index (Phi) is 4.13. The van der Waals surface area contributed by atoms with Gasteiger partial charge < -0.3 is 4.90 Å².